The largest absolute Gasteiger partial charge is 0.465 e. The molecule has 48 heavy (non-hydrogen) atoms. The molecule has 0 unspecified atom stereocenters. The van der Waals surface area contributed by atoms with E-state index < -0.39 is 28.3 Å². The summed E-state index contributed by atoms with van der Waals surface area (Å²) in [6.07, 6.45) is 10.0. The second kappa shape index (κ2) is 11.3. The number of nitro benzene ring substituents is 1. The number of fused-ring (bicyclic) bond motifs is 5. The average molecular weight is 655 g/mol. The molecule has 4 aliphatic rings. The number of hydrogen-bond donors (Lipinski definition) is 1. The third-order valence-electron chi connectivity index (χ3n) is 10.8. The van der Waals surface area contributed by atoms with Gasteiger partial charge < -0.3 is 14.7 Å². The molecule has 1 aromatic heterocycles. The summed E-state index contributed by atoms with van der Waals surface area (Å²) in [5.41, 5.74) is -1.34. The zero-order valence-electron chi connectivity index (χ0n) is 26.0. The van der Waals surface area contributed by atoms with Crippen molar-refractivity contribution in [3.63, 3.8) is 0 Å². The van der Waals surface area contributed by atoms with Crippen molar-refractivity contribution in [2.75, 3.05) is 37.7 Å². The van der Waals surface area contributed by atoms with E-state index in [0.29, 0.717) is 24.8 Å². The van der Waals surface area contributed by atoms with Gasteiger partial charge in [0.25, 0.3) is 5.69 Å². The van der Waals surface area contributed by atoms with Gasteiger partial charge in [-0.2, -0.15) is 9.97 Å². The molecule has 4 aromatic rings. The van der Waals surface area contributed by atoms with E-state index in [0.717, 1.165) is 38.8 Å². The van der Waals surface area contributed by atoms with Crippen molar-refractivity contribution in [2.24, 2.45) is 0 Å². The minimum atomic E-state index is -1.00. The predicted molar refractivity (Wildman–Crippen MR) is 174 cm³/mol. The first kappa shape index (κ1) is 30.3. The van der Waals surface area contributed by atoms with Crippen LogP contribution >= 0.6 is 0 Å². The summed E-state index contributed by atoms with van der Waals surface area (Å²) in [5.74, 6) is 0.884. The lowest BCUT2D eigenvalue weighted by molar-refractivity contribution is -0.384. The van der Waals surface area contributed by atoms with Crippen molar-refractivity contribution in [2.45, 2.75) is 56.1 Å². The molecule has 2 bridgehead atoms. The smallest absolute Gasteiger partial charge is 0.407 e. The van der Waals surface area contributed by atoms with Crippen molar-refractivity contribution >= 4 is 39.3 Å². The Balaban J connectivity index is 1.33. The number of rotatable bonds is 6. The average Bonchev–Trinajstić information content (AvgIpc) is 3.74. The van der Waals surface area contributed by atoms with Crippen LogP contribution in [-0.2, 0) is 0 Å². The van der Waals surface area contributed by atoms with Gasteiger partial charge in [-0.05, 0) is 63.1 Å². The van der Waals surface area contributed by atoms with Gasteiger partial charge in [0.1, 0.15) is 23.8 Å². The summed E-state index contributed by atoms with van der Waals surface area (Å²) in [5, 5.41) is 23.3. The Morgan fingerprint density at radius 3 is 2.52 bits per heavy atom. The van der Waals surface area contributed by atoms with Crippen LogP contribution in [0.15, 0.2) is 36.4 Å². The lowest BCUT2D eigenvalue weighted by atomic mass is 9.92. The molecule has 0 spiro atoms. The van der Waals surface area contributed by atoms with Gasteiger partial charge in [0, 0.05) is 30.1 Å². The molecular formula is C35H32F2N6O5. The van der Waals surface area contributed by atoms with Crippen LogP contribution in [-0.4, -0.2) is 86.3 Å². The van der Waals surface area contributed by atoms with Gasteiger partial charge in [0.2, 0.25) is 0 Å². The van der Waals surface area contributed by atoms with E-state index in [2.05, 4.69) is 15.8 Å². The van der Waals surface area contributed by atoms with E-state index in [9.17, 15) is 24.4 Å². The van der Waals surface area contributed by atoms with Crippen LogP contribution in [0.5, 0.6) is 6.01 Å². The quantitative estimate of drug-likeness (QED) is 0.152. The molecule has 246 valence electrons. The zero-order valence-corrected chi connectivity index (χ0v) is 26.0. The number of piperazine rings is 1. The number of carbonyl (C=O) groups is 1. The summed E-state index contributed by atoms with van der Waals surface area (Å²) in [4.78, 5) is 39.0. The molecule has 3 aromatic carbocycles. The highest BCUT2D eigenvalue weighted by Gasteiger charge is 2.46. The molecule has 4 aliphatic heterocycles. The minimum Gasteiger partial charge on any atom is -0.465 e. The number of aromatic nitrogens is 2. The van der Waals surface area contributed by atoms with Gasteiger partial charge in [-0.15, -0.1) is 6.42 Å². The fourth-order valence-corrected chi connectivity index (χ4v) is 8.63. The third-order valence-corrected chi connectivity index (χ3v) is 10.8. The van der Waals surface area contributed by atoms with Gasteiger partial charge >= 0.3 is 12.1 Å². The van der Waals surface area contributed by atoms with Gasteiger partial charge in [0.15, 0.2) is 5.82 Å². The van der Waals surface area contributed by atoms with E-state index in [4.69, 9.17) is 16.1 Å². The van der Waals surface area contributed by atoms with Crippen LogP contribution in [0.1, 0.15) is 44.1 Å². The van der Waals surface area contributed by atoms with Gasteiger partial charge in [-0.3, -0.25) is 19.9 Å². The second-order valence-electron chi connectivity index (χ2n) is 13.2. The SMILES string of the molecule is C#Cc1c(F)ccc2cccc(-c3c([N+](=O)[O-])cc4c(N5C[C@H]6CC[C@@H](C5)N6C(=O)O)nc(OCC56CCCN5CCC6)nc4c3F)c12. The Morgan fingerprint density at radius 1 is 1.12 bits per heavy atom. The van der Waals surface area contributed by atoms with Crippen LogP contribution in [0.2, 0.25) is 0 Å². The lowest BCUT2D eigenvalue weighted by Gasteiger charge is -2.40. The Morgan fingerprint density at radius 2 is 1.85 bits per heavy atom. The number of anilines is 1. The molecule has 5 heterocycles. The summed E-state index contributed by atoms with van der Waals surface area (Å²) < 4.78 is 38.4. The van der Waals surface area contributed by atoms with Gasteiger partial charge in [-0.25, -0.2) is 13.6 Å². The molecule has 1 N–H and O–H groups in total. The molecule has 11 nitrogen and oxygen atoms in total. The molecule has 2 atom stereocenters. The maximum atomic E-state index is 17.1. The van der Waals surface area contributed by atoms with Crippen molar-refractivity contribution in [3.05, 3.63) is 63.7 Å². The first-order valence-corrected chi connectivity index (χ1v) is 16.2. The fourth-order valence-electron chi connectivity index (χ4n) is 8.63. The first-order chi connectivity index (χ1) is 23.2. The van der Waals surface area contributed by atoms with Crippen LogP contribution in [0.25, 0.3) is 32.8 Å². The van der Waals surface area contributed by atoms with Crippen molar-refractivity contribution in [1.82, 2.24) is 19.8 Å². The molecule has 13 heteroatoms. The molecule has 4 fully saturated rings. The summed E-state index contributed by atoms with van der Waals surface area (Å²) in [7, 11) is 0. The van der Waals surface area contributed by atoms with Crippen molar-refractivity contribution in [1.29, 1.82) is 0 Å². The number of amides is 1. The highest BCUT2D eigenvalue weighted by atomic mass is 19.1. The Bertz CT molecular complexity index is 2040. The number of benzene rings is 3. The molecule has 1 amide bonds. The molecule has 4 saturated heterocycles. The van der Waals surface area contributed by atoms with E-state index in [1.54, 1.807) is 12.1 Å². The molecule has 0 aliphatic carbocycles. The molecule has 0 radical (unpaired) electrons. The summed E-state index contributed by atoms with van der Waals surface area (Å²) in [6, 6.07) is 8.03. The van der Waals surface area contributed by atoms with Crippen molar-refractivity contribution in [3.8, 4) is 29.5 Å². The summed E-state index contributed by atoms with van der Waals surface area (Å²) >= 11 is 0. The highest BCUT2D eigenvalue weighted by Crippen LogP contribution is 2.45. The number of carboxylic acid groups (broad SMARTS) is 1. The fraction of sp³-hybridized carbons (Fsp3) is 0.400. The Labute approximate surface area is 274 Å². The predicted octanol–water partition coefficient (Wildman–Crippen LogP) is 5.96. The van der Waals surface area contributed by atoms with Crippen LogP contribution in [0, 0.1) is 34.1 Å². The maximum absolute atomic E-state index is 17.1. The first-order valence-electron chi connectivity index (χ1n) is 16.2. The molecule has 8 rings (SSSR count). The van der Waals surface area contributed by atoms with Gasteiger partial charge in [-0.1, -0.05) is 30.2 Å². The number of halogens is 2. The van der Waals surface area contributed by atoms with E-state index in [1.165, 1.54) is 29.2 Å². The number of nitro groups is 1. The Kier molecular flexibility index (Phi) is 7.10. The Hall–Kier alpha value is -5.09. The van der Waals surface area contributed by atoms with E-state index in [-0.39, 0.29) is 75.5 Å². The molecular weight excluding hydrogens is 622 g/mol. The third kappa shape index (κ3) is 4.61. The monoisotopic (exact) mass is 654 g/mol. The van der Waals surface area contributed by atoms with Crippen molar-refractivity contribution < 1.29 is 28.3 Å². The zero-order chi connectivity index (χ0) is 33.3. The number of ether oxygens (including phenoxy) is 1. The van der Waals surface area contributed by atoms with E-state index in [1.807, 2.05) is 4.90 Å². The highest BCUT2D eigenvalue weighted by molar-refractivity contribution is 6.06. The lowest BCUT2D eigenvalue weighted by Crippen LogP contribution is -2.55. The van der Waals surface area contributed by atoms with Crippen LogP contribution < -0.4 is 9.64 Å². The van der Waals surface area contributed by atoms with Crippen LogP contribution in [0.4, 0.5) is 25.1 Å². The van der Waals surface area contributed by atoms with Gasteiger partial charge in [0.05, 0.1) is 39.1 Å². The summed E-state index contributed by atoms with van der Waals surface area (Å²) in [6.45, 7) is 2.83. The number of terminal acetylenes is 1. The maximum Gasteiger partial charge on any atom is 0.407 e. The molecule has 0 saturated carbocycles. The number of nitrogens with zero attached hydrogens (tertiary/aromatic N) is 6. The topological polar surface area (TPSA) is 125 Å². The van der Waals surface area contributed by atoms with E-state index >= 15 is 4.39 Å². The van der Waals surface area contributed by atoms with Crippen LogP contribution in [0.3, 0.4) is 0 Å². The number of hydrogen-bond acceptors (Lipinski definition) is 8. The minimum absolute atomic E-state index is 0.0632. The second-order valence-corrected chi connectivity index (χ2v) is 13.2. The normalized spacial score (nSPS) is 21.5. The standard InChI is InChI=1S/C35H32F2N6O5/c1-2-23-26(36)11-8-20-6-3-7-24(28(20)23)29-27(43(46)47)16-25-31(30(29)37)38-33(48-19-35-12-4-14-41(35)15-5-13-35)39-32(25)40-17-21-9-10-22(18-40)42(21)34(44)45/h1,3,6-8,11,16,21-22H,4-5,9-10,12-15,17-19H2,(H,44,45)/t21-,22+.